The fourth-order valence-electron chi connectivity index (χ4n) is 2.48. The zero-order valence-corrected chi connectivity index (χ0v) is 13.0. The van der Waals surface area contributed by atoms with Gasteiger partial charge in [-0.25, -0.2) is 4.98 Å². The molecule has 2 heterocycles. The van der Waals surface area contributed by atoms with Gasteiger partial charge in [-0.2, -0.15) is 0 Å². The highest BCUT2D eigenvalue weighted by Gasteiger charge is 2.28. The SMILES string of the molecule is Cc1ccc(NC(=O)CN2C(=O)COc3cccnc32)c(C)c1. The van der Waals surface area contributed by atoms with Crippen LogP contribution in [0.4, 0.5) is 11.5 Å². The number of fused-ring (bicyclic) bond motifs is 1. The Kier molecular flexibility index (Phi) is 3.97. The zero-order chi connectivity index (χ0) is 16.4. The number of aryl methyl sites for hydroxylation is 2. The van der Waals surface area contributed by atoms with E-state index >= 15 is 0 Å². The normalized spacial score (nSPS) is 13.3. The van der Waals surface area contributed by atoms with Gasteiger partial charge in [-0.3, -0.25) is 14.5 Å². The molecule has 0 fully saturated rings. The van der Waals surface area contributed by atoms with E-state index in [-0.39, 0.29) is 25.0 Å². The molecule has 1 aromatic carbocycles. The molecule has 0 bridgehead atoms. The molecule has 0 aliphatic carbocycles. The molecule has 1 aromatic heterocycles. The zero-order valence-electron chi connectivity index (χ0n) is 13.0. The van der Waals surface area contributed by atoms with E-state index in [1.54, 1.807) is 18.3 Å². The van der Waals surface area contributed by atoms with Crippen LogP contribution in [-0.4, -0.2) is 29.9 Å². The van der Waals surface area contributed by atoms with Crippen LogP contribution in [-0.2, 0) is 9.59 Å². The Morgan fingerprint density at radius 1 is 1.35 bits per heavy atom. The Morgan fingerprint density at radius 3 is 2.96 bits per heavy atom. The van der Waals surface area contributed by atoms with E-state index in [1.165, 1.54) is 4.90 Å². The first-order valence-corrected chi connectivity index (χ1v) is 7.30. The number of amides is 2. The predicted molar refractivity (Wildman–Crippen MR) is 86.6 cm³/mol. The number of nitrogens with one attached hydrogen (secondary N) is 1. The summed E-state index contributed by atoms with van der Waals surface area (Å²) in [5.41, 5.74) is 2.84. The number of benzene rings is 1. The van der Waals surface area contributed by atoms with E-state index in [2.05, 4.69) is 10.3 Å². The van der Waals surface area contributed by atoms with Gasteiger partial charge in [0.1, 0.15) is 6.54 Å². The number of hydrogen-bond donors (Lipinski definition) is 1. The van der Waals surface area contributed by atoms with Gasteiger partial charge >= 0.3 is 0 Å². The molecular formula is C17H17N3O3. The number of pyridine rings is 1. The fraction of sp³-hybridized carbons (Fsp3) is 0.235. The van der Waals surface area contributed by atoms with E-state index in [1.807, 2.05) is 32.0 Å². The van der Waals surface area contributed by atoms with Crippen molar-refractivity contribution < 1.29 is 14.3 Å². The van der Waals surface area contributed by atoms with Gasteiger partial charge in [-0.1, -0.05) is 17.7 Å². The predicted octanol–water partition coefficient (Wildman–Crippen LogP) is 2.06. The quantitative estimate of drug-likeness (QED) is 0.942. The van der Waals surface area contributed by atoms with Gasteiger partial charge in [0, 0.05) is 11.9 Å². The molecule has 0 atom stereocenters. The van der Waals surface area contributed by atoms with Gasteiger partial charge in [0.05, 0.1) is 0 Å². The highest BCUT2D eigenvalue weighted by Crippen LogP contribution is 2.28. The summed E-state index contributed by atoms with van der Waals surface area (Å²) in [5, 5.41) is 2.83. The molecule has 2 amide bonds. The van der Waals surface area contributed by atoms with Crippen LogP contribution in [0.25, 0.3) is 0 Å². The van der Waals surface area contributed by atoms with Crippen molar-refractivity contribution in [3.63, 3.8) is 0 Å². The molecule has 6 nitrogen and oxygen atoms in total. The number of aromatic nitrogens is 1. The summed E-state index contributed by atoms with van der Waals surface area (Å²) in [7, 11) is 0. The second-order valence-corrected chi connectivity index (χ2v) is 5.46. The second-order valence-electron chi connectivity index (χ2n) is 5.46. The Morgan fingerprint density at radius 2 is 2.17 bits per heavy atom. The van der Waals surface area contributed by atoms with Crippen LogP contribution >= 0.6 is 0 Å². The number of hydrogen-bond acceptors (Lipinski definition) is 4. The summed E-state index contributed by atoms with van der Waals surface area (Å²) in [6.45, 7) is 3.74. The number of carbonyl (C=O) groups excluding carboxylic acids is 2. The maximum absolute atomic E-state index is 12.3. The third-order valence-electron chi connectivity index (χ3n) is 3.62. The van der Waals surface area contributed by atoms with Gasteiger partial charge in [0.2, 0.25) is 5.91 Å². The van der Waals surface area contributed by atoms with Crippen LogP contribution in [0.5, 0.6) is 5.75 Å². The smallest absolute Gasteiger partial charge is 0.266 e. The Bertz CT molecular complexity index is 773. The standard InChI is InChI=1S/C17H17N3O3/c1-11-5-6-13(12(2)8-11)19-15(21)9-20-16(22)10-23-14-4-3-7-18-17(14)20/h3-8H,9-10H2,1-2H3,(H,19,21). The van der Waals surface area contributed by atoms with Crippen molar-refractivity contribution in [1.82, 2.24) is 4.98 Å². The third-order valence-corrected chi connectivity index (χ3v) is 3.62. The third kappa shape index (κ3) is 3.15. The molecular weight excluding hydrogens is 294 g/mol. The van der Waals surface area contributed by atoms with E-state index in [4.69, 9.17) is 4.74 Å². The second kappa shape index (κ2) is 6.08. The largest absolute Gasteiger partial charge is 0.480 e. The molecule has 118 valence electrons. The lowest BCUT2D eigenvalue weighted by Crippen LogP contribution is -2.44. The minimum Gasteiger partial charge on any atom is -0.480 e. The lowest BCUT2D eigenvalue weighted by atomic mass is 10.1. The van der Waals surface area contributed by atoms with Crippen LogP contribution in [0.1, 0.15) is 11.1 Å². The minimum atomic E-state index is -0.285. The minimum absolute atomic E-state index is 0.0878. The maximum atomic E-state index is 12.3. The summed E-state index contributed by atoms with van der Waals surface area (Å²) >= 11 is 0. The number of ether oxygens (including phenoxy) is 1. The molecule has 2 aromatic rings. The molecule has 0 radical (unpaired) electrons. The van der Waals surface area contributed by atoms with Crippen molar-refractivity contribution >= 4 is 23.3 Å². The van der Waals surface area contributed by atoms with Gasteiger partial charge in [-0.05, 0) is 37.6 Å². The van der Waals surface area contributed by atoms with Crippen LogP contribution < -0.4 is 15.0 Å². The van der Waals surface area contributed by atoms with Crippen molar-refractivity contribution in [1.29, 1.82) is 0 Å². The number of carbonyl (C=O) groups is 2. The summed E-state index contributed by atoms with van der Waals surface area (Å²) < 4.78 is 5.31. The van der Waals surface area contributed by atoms with Gasteiger partial charge in [0.15, 0.2) is 18.2 Å². The van der Waals surface area contributed by atoms with Crippen LogP contribution in [0, 0.1) is 13.8 Å². The van der Waals surface area contributed by atoms with Crippen LogP contribution in [0.15, 0.2) is 36.5 Å². The van der Waals surface area contributed by atoms with Crippen LogP contribution in [0.3, 0.4) is 0 Å². The molecule has 1 aliphatic rings. The van der Waals surface area contributed by atoms with Crippen LogP contribution in [0.2, 0.25) is 0 Å². The number of anilines is 2. The molecule has 6 heteroatoms. The van der Waals surface area contributed by atoms with Gasteiger partial charge in [-0.15, -0.1) is 0 Å². The highest BCUT2D eigenvalue weighted by atomic mass is 16.5. The molecule has 0 saturated heterocycles. The fourth-order valence-corrected chi connectivity index (χ4v) is 2.48. The molecule has 0 saturated carbocycles. The molecule has 23 heavy (non-hydrogen) atoms. The Labute approximate surface area is 134 Å². The molecule has 1 N–H and O–H groups in total. The summed E-state index contributed by atoms with van der Waals surface area (Å²) in [4.78, 5) is 29.8. The first-order valence-electron chi connectivity index (χ1n) is 7.30. The Balaban J connectivity index is 1.76. The summed E-state index contributed by atoms with van der Waals surface area (Å²) in [5.74, 6) is 0.321. The average Bonchev–Trinajstić information content (AvgIpc) is 2.53. The molecule has 0 unspecified atom stereocenters. The lowest BCUT2D eigenvalue weighted by Gasteiger charge is -2.27. The molecule has 1 aliphatic heterocycles. The first-order chi connectivity index (χ1) is 11.0. The number of nitrogens with zero attached hydrogens (tertiary/aromatic N) is 2. The van der Waals surface area contributed by atoms with Crippen molar-refractivity contribution in [2.45, 2.75) is 13.8 Å². The average molecular weight is 311 g/mol. The first kappa shape index (κ1) is 15.0. The number of rotatable bonds is 3. The van der Waals surface area contributed by atoms with Crippen molar-refractivity contribution in [3.05, 3.63) is 47.7 Å². The molecule has 0 spiro atoms. The summed E-state index contributed by atoms with van der Waals surface area (Å²) in [6.07, 6.45) is 1.57. The molecule has 3 rings (SSSR count). The topological polar surface area (TPSA) is 71.5 Å². The van der Waals surface area contributed by atoms with Gasteiger partial charge in [0.25, 0.3) is 5.91 Å². The lowest BCUT2D eigenvalue weighted by molar-refractivity contribution is -0.123. The van der Waals surface area contributed by atoms with E-state index in [0.29, 0.717) is 11.6 Å². The maximum Gasteiger partial charge on any atom is 0.266 e. The van der Waals surface area contributed by atoms with E-state index in [9.17, 15) is 9.59 Å². The van der Waals surface area contributed by atoms with E-state index in [0.717, 1.165) is 16.8 Å². The Hall–Kier alpha value is -2.89. The van der Waals surface area contributed by atoms with Gasteiger partial charge < -0.3 is 10.1 Å². The monoisotopic (exact) mass is 311 g/mol. The highest BCUT2D eigenvalue weighted by molar-refractivity contribution is 6.04. The van der Waals surface area contributed by atoms with E-state index < -0.39 is 0 Å². The van der Waals surface area contributed by atoms with Crippen molar-refractivity contribution in [2.75, 3.05) is 23.4 Å². The van der Waals surface area contributed by atoms with Crippen molar-refractivity contribution in [3.8, 4) is 5.75 Å². The summed E-state index contributed by atoms with van der Waals surface area (Å²) in [6, 6.07) is 9.23. The van der Waals surface area contributed by atoms with Crippen molar-refractivity contribution in [2.24, 2.45) is 0 Å².